The Bertz CT molecular complexity index is 803. The second-order valence-electron chi connectivity index (χ2n) is 4.31. The molecule has 19 heavy (non-hydrogen) atoms. The van der Waals surface area contributed by atoms with Gasteiger partial charge in [0.2, 0.25) is 0 Å². The van der Waals surface area contributed by atoms with Crippen LogP contribution in [0.4, 0.5) is 0 Å². The number of nitrogens with one attached hydrogen (secondary N) is 1. The second kappa shape index (κ2) is 5.00. The topological polar surface area (TPSA) is 44.5 Å². The highest BCUT2D eigenvalue weighted by Crippen LogP contribution is 2.17. The first-order valence-corrected chi connectivity index (χ1v) is 7.27. The maximum atomic E-state index is 8.98. The number of nitriles is 1. The van der Waals surface area contributed by atoms with Crippen LogP contribution in [0.25, 0.3) is 11.0 Å². The highest BCUT2D eigenvalue weighted by atomic mass is 32.1. The SMILES string of the molecule is N#Cc1ccc2[nH]c(=S)n(CCc3ccsc3)c2c1. The molecule has 3 aromatic rings. The number of benzene rings is 1. The molecule has 5 heteroatoms. The van der Waals surface area contributed by atoms with Gasteiger partial charge in [-0.25, -0.2) is 0 Å². The molecule has 2 heterocycles. The van der Waals surface area contributed by atoms with E-state index in [1.807, 2.05) is 12.1 Å². The summed E-state index contributed by atoms with van der Waals surface area (Å²) in [7, 11) is 0. The van der Waals surface area contributed by atoms with E-state index in [0.29, 0.717) is 10.3 Å². The first-order chi connectivity index (χ1) is 9.28. The molecule has 94 valence electrons. The van der Waals surface area contributed by atoms with Crippen LogP contribution >= 0.6 is 23.6 Å². The van der Waals surface area contributed by atoms with Crippen LogP contribution in [0.15, 0.2) is 35.0 Å². The lowest BCUT2D eigenvalue weighted by Gasteiger charge is -2.03. The lowest BCUT2D eigenvalue weighted by molar-refractivity contribution is 0.708. The van der Waals surface area contributed by atoms with E-state index in [-0.39, 0.29) is 0 Å². The summed E-state index contributed by atoms with van der Waals surface area (Å²) in [6.45, 7) is 0.824. The molecule has 3 nitrogen and oxygen atoms in total. The van der Waals surface area contributed by atoms with E-state index in [9.17, 15) is 0 Å². The van der Waals surface area contributed by atoms with E-state index < -0.39 is 0 Å². The Morgan fingerprint density at radius 3 is 3.00 bits per heavy atom. The van der Waals surface area contributed by atoms with Crippen molar-refractivity contribution >= 4 is 34.6 Å². The second-order valence-corrected chi connectivity index (χ2v) is 5.47. The predicted molar refractivity (Wildman–Crippen MR) is 79.9 cm³/mol. The van der Waals surface area contributed by atoms with Crippen molar-refractivity contribution in [2.24, 2.45) is 0 Å². The molecule has 0 bridgehead atoms. The van der Waals surface area contributed by atoms with Crippen molar-refractivity contribution < 1.29 is 0 Å². The number of aryl methyl sites for hydroxylation is 2. The van der Waals surface area contributed by atoms with Crippen LogP contribution in [0.2, 0.25) is 0 Å². The molecule has 0 aliphatic heterocycles. The van der Waals surface area contributed by atoms with Crippen molar-refractivity contribution in [2.45, 2.75) is 13.0 Å². The van der Waals surface area contributed by atoms with E-state index >= 15 is 0 Å². The molecule has 0 spiro atoms. The lowest BCUT2D eigenvalue weighted by atomic mass is 10.2. The summed E-state index contributed by atoms with van der Waals surface area (Å²) in [5.41, 5.74) is 3.96. The van der Waals surface area contributed by atoms with Gasteiger partial charge in [0.25, 0.3) is 0 Å². The minimum atomic E-state index is 0.658. The number of hydrogen-bond acceptors (Lipinski definition) is 3. The third kappa shape index (κ3) is 2.33. The van der Waals surface area contributed by atoms with Gasteiger partial charge >= 0.3 is 0 Å². The minimum absolute atomic E-state index is 0.658. The van der Waals surface area contributed by atoms with Crippen LogP contribution in [-0.2, 0) is 13.0 Å². The van der Waals surface area contributed by atoms with E-state index in [4.69, 9.17) is 17.5 Å². The number of hydrogen-bond donors (Lipinski definition) is 1. The van der Waals surface area contributed by atoms with Gasteiger partial charge in [-0.3, -0.25) is 0 Å². The predicted octanol–water partition coefficient (Wildman–Crippen LogP) is 3.87. The number of aromatic nitrogens is 2. The van der Waals surface area contributed by atoms with Crippen molar-refractivity contribution in [3.05, 3.63) is 50.9 Å². The fourth-order valence-corrected chi connectivity index (χ4v) is 3.12. The molecule has 0 amide bonds. The maximum absolute atomic E-state index is 8.98. The van der Waals surface area contributed by atoms with Gasteiger partial charge in [0.1, 0.15) is 0 Å². The summed E-state index contributed by atoms with van der Waals surface area (Å²) in [4.78, 5) is 3.18. The molecule has 0 radical (unpaired) electrons. The summed E-state index contributed by atoms with van der Waals surface area (Å²) in [5, 5.41) is 13.2. The van der Waals surface area contributed by atoms with Gasteiger partial charge in [0.15, 0.2) is 4.77 Å². The van der Waals surface area contributed by atoms with Crippen LogP contribution in [0, 0.1) is 16.1 Å². The molecule has 0 saturated carbocycles. The van der Waals surface area contributed by atoms with Gasteiger partial charge in [-0.2, -0.15) is 16.6 Å². The number of thiophene rings is 1. The van der Waals surface area contributed by atoms with Crippen LogP contribution < -0.4 is 0 Å². The monoisotopic (exact) mass is 285 g/mol. The first kappa shape index (κ1) is 12.2. The van der Waals surface area contributed by atoms with E-state index in [2.05, 4.69) is 32.4 Å². The Balaban J connectivity index is 2.00. The van der Waals surface area contributed by atoms with Crippen LogP contribution in [0.1, 0.15) is 11.1 Å². The van der Waals surface area contributed by atoms with Crippen LogP contribution in [0.5, 0.6) is 0 Å². The van der Waals surface area contributed by atoms with Gasteiger partial charge in [-0.05, 0) is 59.2 Å². The molecular formula is C14H11N3S2. The van der Waals surface area contributed by atoms with Crippen LogP contribution in [-0.4, -0.2) is 9.55 Å². The van der Waals surface area contributed by atoms with Crippen molar-refractivity contribution in [1.29, 1.82) is 5.26 Å². The van der Waals surface area contributed by atoms with Crippen LogP contribution in [0.3, 0.4) is 0 Å². The zero-order valence-corrected chi connectivity index (χ0v) is 11.7. The molecular weight excluding hydrogens is 274 g/mol. The van der Waals surface area contributed by atoms with Crippen molar-refractivity contribution in [3.63, 3.8) is 0 Å². The molecule has 1 aromatic carbocycles. The zero-order valence-electron chi connectivity index (χ0n) is 10.1. The molecule has 2 aromatic heterocycles. The van der Waals surface area contributed by atoms with E-state index in [0.717, 1.165) is 24.0 Å². The Morgan fingerprint density at radius 2 is 2.26 bits per heavy atom. The number of nitrogens with zero attached hydrogens (tertiary/aromatic N) is 2. The number of H-pyrrole nitrogens is 1. The summed E-state index contributed by atoms with van der Waals surface area (Å²) in [6.07, 6.45) is 0.946. The third-order valence-corrected chi connectivity index (χ3v) is 4.16. The molecule has 0 saturated heterocycles. The fourth-order valence-electron chi connectivity index (χ4n) is 2.12. The first-order valence-electron chi connectivity index (χ1n) is 5.91. The average Bonchev–Trinajstić information content (AvgIpc) is 3.03. The largest absolute Gasteiger partial charge is 0.331 e. The highest BCUT2D eigenvalue weighted by Gasteiger charge is 2.05. The summed E-state index contributed by atoms with van der Waals surface area (Å²) < 4.78 is 2.77. The van der Waals surface area contributed by atoms with Crippen molar-refractivity contribution in [2.75, 3.05) is 0 Å². The highest BCUT2D eigenvalue weighted by molar-refractivity contribution is 7.71. The van der Waals surface area contributed by atoms with Gasteiger partial charge < -0.3 is 9.55 Å². The lowest BCUT2D eigenvalue weighted by Crippen LogP contribution is -2.00. The Labute approximate surface area is 119 Å². The molecule has 0 aliphatic rings. The van der Waals surface area contributed by atoms with Gasteiger partial charge in [-0.1, -0.05) is 0 Å². The normalized spacial score (nSPS) is 10.7. The van der Waals surface area contributed by atoms with Crippen molar-refractivity contribution in [3.8, 4) is 6.07 Å². The minimum Gasteiger partial charge on any atom is -0.331 e. The van der Waals surface area contributed by atoms with E-state index in [1.54, 1.807) is 17.4 Å². The number of rotatable bonds is 3. The third-order valence-electron chi connectivity index (χ3n) is 3.11. The average molecular weight is 285 g/mol. The maximum Gasteiger partial charge on any atom is 0.178 e. The van der Waals surface area contributed by atoms with Gasteiger partial charge in [0, 0.05) is 6.54 Å². The van der Waals surface area contributed by atoms with E-state index in [1.165, 1.54) is 5.56 Å². The summed E-state index contributed by atoms with van der Waals surface area (Å²) in [6, 6.07) is 9.89. The summed E-state index contributed by atoms with van der Waals surface area (Å²) >= 11 is 7.06. The summed E-state index contributed by atoms with van der Waals surface area (Å²) in [5.74, 6) is 0. The quantitative estimate of drug-likeness (QED) is 0.742. The molecule has 0 atom stereocenters. The smallest absolute Gasteiger partial charge is 0.178 e. The van der Waals surface area contributed by atoms with Crippen molar-refractivity contribution in [1.82, 2.24) is 9.55 Å². The molecule has 0 aliphatic carbocycles. The zero-order chi connectivity index (χ0) is 13.2. The standard InChI is InChI=1S/C14H11N3S2/c15-8-11-1-2-12-13(7-11)17(14(18)16-12)5-3-10-4-6-19-9-10/h1-2,4,6-7,9H,3,5H2,(H,16,18). The Kier molecular flexibility index (Phi) is 3.20. The molecule has 3 rings (SSSR count). The molecule has 0 unspecified atom stereocenters. The number of aromatic amines is 1. The Hall–Kier alpha value is -1.90. The molecule has 0 fully saturated rings. The number of imidazole rings is 1. The van der Waals surface area contributed by atoms with Gasteiger partial charge in [-0.15, -0.1) is 0 Å². The van der Waals surface area contributed by atoms with Gasteiger partial charge in [0.05, 0.1) is 22.7 Å². The fraction of sp³-hybridized carbons (Fsp3) is 0.143. The molecule has 1 N–H and O–H groups in total. The Morgan fingerprint density at radius 1 is 1.37 bits per heavy atom. The number of fused-ring (bicyclic) bond motifs is 1.